The minimum absolute atomic E-state index is 0.0881. The van der Waals surface area contributed by atoms with Gasteiger partial charge in [-0.1, -0.05) is 0 Å². The number of amides is 1. The maximum atomic E-state index is 14.1. The number of methoxy groups -OCH3 is 2. The van der Waals surface area contributed by atoms with Gasteiger partial charge in [-0.05, 0) is 43.3 Å². The van der Waals surface area contributed by atoms with Crippen molar-refractivity contribution in [3.05, 3.63) is 52.5 Å². The number of hydrogen-bond donors (Lipinski definition) is 0. The molecule has 10 heteroatoms. The average molecular weight is 523 g/mol. The monoisotopic (exact) mass is 522 g/mol. The zero-order valence-electron chi connectivity index (χ0n) is 23.9. The summed E-state index contributed by atoms with van der Waals surface area (Å²) < 4.78 is 43.0. The predicted molar refractivity (Wildman–Crippen MR) is 141 cm³/mol. The summed E-state index contributed by atoms with van der Waals surface area (Å²) in [5.74, 6) is 0.974. The number of fused-ring (bicyclic) bond motifs is 3. The smallest absolute Gasteiger partial charge is 0.275 e. The van der Waals surface area contributed by atoms with Crippen LogP contribution < -0.4 is 9.47 Å². The Bertz CT molecular complexity index is 1580. The number of carbonyl (C=O) groups excluding carboxylic acids is 1. The summed E-state index contributed by atoms with van der Waals surface area (Å²) in [7, 11) is 0.927. The molecule has 1 unspecified atom stereocenters. The molecule has 0 saturated carbocycles. The van der Waals surface area contributed by atoms with Crippen LogP contribution in [-0.2, 0) is 18.4 Å². The largest absolute Gasteiger partial charge is 0.496 e. The molecule has 3 aromatic heterocycles. The van der Waals surface area contributed by atoms with E-state index in [1.807, 2.05) is 55.2 Å². The molecule has 0 aliphatic carbocycles. The fraction of sp³-hybridized carbons (Fsp3) is 0.370. The molecule has 0 N–H and O–H groups in total. The SMILES string of the molecule is [2H]C([2H])([2H])OCC1(C)CCCN1C(=O)c1nn(-c2ccsc2)c2c1COc1cc(OC)c(-c3ccn(C)n3)cc1-2. The van der Waals surface area contributed by atoms with Gasteiger partial charge in [0.05, 0.1) is 40.4 Å². The van der Waals surface area contributed by atoms with Crippen molar-refractivity contribution in [3.63, 3.8) is 0 Å². The van der Waals surface area contributed by atoms with Gasteiger partial charge in [-0.2, -0.15) is 21.5 Å². The minimum Gasteiger partial charge on any atom is -0.496 e. The Hall–Kier alpha value is -3.63. The van der Waals surface area contributed by atoms with Crippen molar-refractivity contribution in [3.8, 4) is 39.7 Å². The molecule has 1 fully saturated rings. The van der Waals surface area contributed by atoms with E-state index >= 15 is 0 Å². The maximum absolute atomic E-state index is 14.1. The molecule has 0 spiro atoms. The number of aromatic nitrogens is 4. The fourth-order valence-electron chi connectivity index (χ4n) is 5.35. The Morgan fingerprint density at radius 2 is 2.19 bits per heavy atom. The second kappa shape index (κ2) is 9.04. The van der Waals surface area contributed by atoms with E-state index in [1.54, 1.807) is 21.4 Å². The number of carbonyl (C=O) groups is 1. The Morgan fingerprint density at radius 1 is 1.30 bits per heavy atom. The Labute approximate surface area is 223 Å². The van der Waals surface area contributed by atoms with Gasteiger partial charge in [0.1, 0.15) is 18.1 Å². The van der Waals surface area contributed by atoms with Gasteiger partial charge in [0.25, 0.3) is 5.91 Å². The lowest BCUT2D eigenvalue weighted by atomic mass is 9.97. The lowest BCUT2D eigenvalue weighted by molar-refractivity contribution is 0.0359. The first-order chi connectivity index (χ1) is 19.1. The first-order valence-corrected chi connectivity index (χ1v) is 13.0. The van der Waals surface area contributed by atoms with Crippen LogP contribution in [0.5, 0.6) is 11.5 Å². The number of thiophene rings is 1. The standard InChI is InChI=1S/C27H29N5O4S/c1-27(16-34-3)8-5-9-31(27)26(33)24-20-14-36-23-13-22(35-4)18(21-6-10-30(2)28-21)12-19(23)25(20)32(29-24)17-7-11-37-15-17/h6-7,10-13,15H,5,8-9,14,16H2,1-4H3/i3D3. The van der Waals surface area contributed by atoms with E-state index in [0.717, 1.165) is 34.6 Å². The molecule has 1 saturated heterocycles. The van der Waals surface area contributed by atoms with Gasteiger partial charge in [-0.3, -0.25) is 9.48 Å². The van der Waals surface area contributed by atoms with Gasteiger partial charge in [-0.15, -0.1) is 0 Å². The molecular weight excluding hydrogens is 490 g/mol. The van der Waals surface area contributed by atoms with Crippen LogP contribution in [0.2, 0.25) is 0 Å². The Morgan fingerprint density at radius 3 is 2.92 bits per heavy atom. The average Bonchev–Trinajstić information content (AvgIpc) is 3.72. The second-order valence-corrected chi connectivity index (χ2v) is 10.4. The van der Waals surface area contributed by atoms with Crippen molar-refractivity contribution in [1.29, 1.82) is 0 Å². The summed E-state index contributed by atoms with van der Waals surface area (Å²) in [6.07, 6.45) is 3.24. The number of aryl methyl sites for hydroxylation is 1. The number of ether oxygens (including phenoxy) is 3. The number of likely N-dealkylation sites (tertiary alicyclic amines) is 1. The zero-order valence-corrected chi connectivity index (χ0v) is 21.7. The summed E-state index contributed by atoms with van der Waals surface area (Å²) in [6, 6.07) is 7.68. The van der Waals surface area contributed by atoms with E-state index in [2.05, 4.69) is 5.10 Å². The first kappa shape index (κ1) is 20.4. The third-order valence-electron chi connectivity index (χ3n) is 7.23. The topological polar surface area (TPSA) is 83.6 Å². The number of rotatable bonds is 6. The van der Waals surface area contributed by atoms with Gasteiger partial charge in [0.15, 0.2) is 5.69 Å². The van der Waals surface area contributed by atoms with Crippen molar-refractivity contribution in [2.75, 3.05) is 27.3 Å². The summed E-state index contributed by atoms with van der Waals surface area (Å²) in [6.45, 7) is 2.41. The highest BCUT2D eigenvalue weighted by Gasteiger charge is 2.42. The van der Waals surface area contributed by atoms with Gasteiger partial charge < -0.3 is 19.1 Å². The molecule has 5 heterocycles. The molecule has 2 aliphatic rings. The van der Waals surface area contributed by atoms with E-state index in [4.69, 9.17) is 23.4 Å². The quantitative estimate of drug-likeness (QED) is 0.370. The normalized spacial score (nSPS) is 20.0. The van der Waals surface area contributed by atoms with Crippen LogP contribution in [0.1, 0.15) is 39.9 Å². The highest BCUT2D eigenvalue weighted by atomic mass is 32.1. The zero-order chi connectivity index (χ0) is 28.2. The Balaban J connectivity index is 1.48. The molecule has 0 bridgehead atoms. The predicted octanol–water partition coefficient (Wildman–Crippen LogP) is 4.54. The molecule has 37 heavy (non-hydrogen) atoms. The summed E-state index contributed by atoms with van der Waals surface area (Å²) in [4.78, 5) is 15.8. The molecule has 1 aromatic carbocycles. The molecule has 192 valence electrons. The van der Waals surface area contributed by atoms with Gasteiger partial charge >= 0.3 is 0 Å². The highest BCUT2D eigenvalue weighted by molar-refractivity contribution is 7.08. The molecule has 0 radical (unpaired) electrons. The lowest BCUT2D eigenvalue weighted by Gasteiger charge is -2.34. The van der Waals surface area contributed by atoms with Gasteiger partial charge in [0.2, 0.25) is 0 Å². The van der Waals surface area contributed by atoms with E-state index < -0.39 is 12.6 Å². The molecule has 6 rings (SSSR count). The molecular formula is C27H29N5O4S. The molecule has 4 aromatic rings. The van der Waals surface area contributed by atoms with Crippen molar-refractivity contribution in [2.24, 2.45) is 7.05 Å². The van der Waals surface area contributed by atoms with Crippen LogP contribution in [0.3, 0.4) is 0 Å². The Kier molecular flexibility index (Phi) is 4.99. The molecule has 1 amide bonds. The fourth-order valence-corrected chi connectivity index (χ4v) is 5.96. The maximum Gasteiger partial charge on any atom is 0.275 e. The van der Waals surface area contributed by atoms with Crippen molar-refractivity contribution in [1.82, 2.24) is 24.5 Å². The highest BCUT2D eigenvalue weighted by Crippen LogP contribution is 2.46. The third kappa shape index (κ3) is 3.82. The second-order valence-electron chi connectivity index (χ2n) is 9.63. The molecule has 9 nitrogen and oxygen atoms in total. The van der Waals surface area contributed by atoms with E-state index in [9.17, 15) is 4.79 Å². The van der Waals surface area contributed by atoms with Crippen molar-refractivity contribution >= 4 is 17.2 Å². The van der Waals surface area contributed by atoms with E-state index in [0.29, 0.717) is 30.0 Å². The summed E-state index contributed by atoms with van der Waals surface area (Å²) >= 11 is 1.54. The number of hydrogen-bond acceptors (Lipinski definition) is 7. The van der Waals surface area contributed by atoms with Crippen LogP contribution in [0, 0.1) is 0 Å². The minimum atomic E-state index is -2.54. The van der Waals surface area contributed by atoms with E-state index in [1.165, 1.54) is 11.3 Å². The van der Waals surface area contributed by atoms with Crippen molar-refractivity contribution < 1.29 is 23.1 Å². The third-order valence-corrected chi connectivity index (χ3v) is 7.90. The first-order valence-electron chi connectivity index (χ1n) is 13.5. The van der Waals surface area contributed by atoms with Crippen LogP contribution in [0.4, 0.5) is 0 Å². The van der Waals surface area contributed by atoms with Crippen LogP contribution in [0.25, 0.3) is 28.2 Å². The summed E-state index contributed by atoms with van der Waals surface area (Å²) in [5, 5.41) is 13.4. The molecule has 1 atom stereocenters. The lowest BCUT2D eigenvalue weighted by Crippen LogP contribution is -2.48. The van der Waals surface area contributed by atoms with Gasteiger partial charge in [0, 0.05) is 55.0 Å². The van der Waals surface area contributed by atoms with Crippen LogP contribution in [0.15, 0.2) is 41.2 Å². The number of nitrogens with zero attached hydrogens (tertiary/aromatic N) is 5. The van der Waals surface area contributed by atoms with Crippen LogP contribution >= 0.6 is 11.3 Å². The molecule has 2 aliphatic heterocycles. The van der Waals surface area contributed by atoms with Crippen LogP contribution in [-0.4, -0.2) is 63.2 Å². The van der Waals surface area contributed by atoms with Crippen molar-refractivity contribution in [2.45, 2.75) is 31.9 Å². The number of benzene rings is 1. The summed E-state index contributed by atoms with van der Waals surface area (Å²) in [5.41, 5.74) is 4.09. The van der Waals surface area contributed by atoms with E-state index in [-0.39, 0.29) is 24.8 Å². The van der Waals surface area contributed by atoms with Gasteiger partial charge in [-0.25, -0.2) is 4.68 Å².